The maximum atomic E-state index is 11.9. The fraction of sp³-hybridized carbons (Fsp3) is 0.333. The molecule has 5 nitrogen and oxygen atoms in total. The molecule has 0 atom stereocenters. The van der Waals surface area contributed by atoms with Crippen LogP contribution in [-0.2, 0) is 0 Å². The standard InChI is InChI=1S/C15H17NO4/c1-3-4-8-16-14(17)11-9-10-6-5-7-12(19-2)13(10)20-15(11)18/h5-7,9H,3-4,8H2,1-2H3,(H,16,17). The molecule has 0 saturated carbocycles. The van der Waals surface area contributed by atoms with E-state index in [1.165, 1.54) is 13.2 Å². The molecule has 0 aliphatic carbocycles. The molecule has 1 aromatic carbocycles. The highest BCUT2D eigenvalue weighted by molar-refractivity contribution is 5.97. The highest BCUT2D eigenvalue weighted by Crippen LogP contribution is 2.24. The van der Waals surface area contributed by atoms with Gasteiger partial charge >= 0.3 is 5.63 Å². The predicted molar refractivity (Wildman–Crippen MR) is 76.3 cm³/mol. The number of carbonyl (C=O) groups is 1. The molecule has 0 bridgehead atoms. The number of carbonyl (C=O) groups excluding carboxylic acids is 1. The molecular weight excluding hydrogens is 258 g/mol. The molecule has 2 rings (SSSR count). The summed E-state index contributed by atoms with van der Waals surface area (Å²) in [6.45, 7) is 2.58. The van der Waals surface area contributed by atoms with Gasteiger partial charge < -0.3 is 14.5 Å². The molecule has 5 heteroatoms. The number of methoxy groups -OCH3 is 1. The van der Waals surface area contributed by atoms with Crippen molar-refractivity contribution in [1.82, 2.24) is 5.32 Å². The van der Waals surface area contributed by atoms with Gasteiger partial charge in [-0.05, 0) is 18.6 Å². The van der Waals surface area contributed by atoms with Gasteiger partial charge in [-0.15, -0.1) is 0 Å². The van der Waals surface area contributed by atoms with E-state index in [1.54, 1.807) is 18.2 Å². The van der Waals surface area contributed by atoms with E-state index in [9.17, 15) is 9.59 Å². The first kappa shape index (κ1) is 14.1. The normalized spacial score (nSPS) is 10.5. The van der Waals surface area contributed by atoms with Crippen molar-refractivity contribution in [2.75, 3.05) is 13.7 Å². The minimum atomic E-state index is -0.656. The fourth-order valence-electron chi connectivity index (χ4n) is 1.91. The Bertz CT molecular complexity index is 675. The largest absolute Gasteiger partial charge is 0.493 e. The van der Waals surface area contributed by atoms with Crippen molar-refractivity contribution >= 4 is 16.9 Å². The SMILES string of the molecule is CCCCNC(=O)c1cc2cccc(OC)c2oc1=O. The zero-order valence-electron chi connectivity index (χ0n) is 11.6. The lowest BCUT2D eigenvalue weighted by Gasteiger charge is -2.06. The maximum absolute atomic E-state index is 11.9. The van der Waals surface area contributed by atoms with Crippen molar-refractivity contribution < 1.29 is 13.9 Å². The van der Waals surface area contributed by atoms with E-state index in [4.69, 9.17) is 9.15 Å². The average Bonchev–Trinajstić information content (AvgIpc) is 2.46. The highest BCUT2D eigenvalue weighted by atomic mass is 16.5. The Kier molecular flexibility index (Phi) is 4.40. The smallest absolute Gasteiger partial charge is 0.349 e. The minimum Gasteiger partial charge on any atom is -0.493 e. The van der Waals surface area contributed by atoms with Crippen LogP contribution in [0.25, 0.3) is 11.0 Å². The fourth-order valence-corrected chi connectivity index (χ4v) is 1.91. The van der Waals surface area contributed by atoms with Gasteiger partial charge in [0.25, 0.3) is 5.91 Å². The van der Waals surface area contributed by atoms with Gasteiger partial charge in [-0.3, -0.25) is 4.79 Å². The summed E-state index contributed by atoms with van der Waals surface area (Å²) in [5.41, 5.74) is -0.289. The Hall–Kier alpha value is -2.30. The molecule has 0 fully saturated rings. The van der Waals surface area contributed by atoms with Crippen LogP contribution >= 0.6 is 0 Å². The van der Waals surface area contributed by atoms with Gasteiger partial charge in [0.05, 0.1) is 7.11 Å². The third kappa shape index (κ3) is 2.82. The third-order valence-corrected chi connectivity index (χ3v) is 3.00. The molecule has 0 aliphatic rings. The first-order valence-electron chi connectivity index (χ1n) is 6.56. The topological polar surface area (TPSA) is 68.5 Å². The van der Waals surface area contributed by atoms with E-state index in [-0.39, 0.29) is 5.56 Å². The number of amides is 1. The molecule has 106 valence electrons. The number of nitrogens with one attached hydrogen (secondary N) is 1. The second kappa shape index (κ2) is 6.23. The van der Waals surface area contributed by atoms with E-state index in [0.717, 1.165) is 12.8 Å². The number of unbranched alkanes of at least 4 members (excludes halogenated alkanes) is 1. The van der Waals surface area contributed by atoms with Crippen molar-refractivity contribution in [3.05, 3.63) is 40.2 Å². The molecule has 1 N–H and O–H groups in total. The van der Waals surface area contributed by atoms with Gasteiger partial charge in [0.2, 0.25) is 0 Å². The summed E-state index contributed by atoms with van der Waals surface area (Å²) in [4.78, 5) is 23.8. The zero-order chi connectivity index (χ0) is 14.5. The Balaban J connectivity index is 2.38. The number of hydrogen-bond donors (Lipinski definition) is 1. The Morgan fingerprint density at radius 2 is 2.20 bits per heavy atom. The van der Waals surface area contributed by atoms with Crippen molar-refractivity contribution in [3.8, 4) is 5.75 Å². The van der Waals surface area contributed by atoms with Gasteiger partial charge in [-0.1, -0.05) is 25.5 Å². The predicted octanol–water partition coefficient (Wildman–Crippen LogP) is 2.33. The van der Waals surface area contributed by atoms with E-state index in [1.807, 2.05) is 6.92 Å². The number of fused-ring (bicyclic) bond motifs is 1. The maximum Gasteiger partial charge on any atom is 0.349 e. The lowest BCUT2D eigenvalue weighted by atomic mass is 10.1. The quantitative estimate of drug-likeness (QED) is 0.671. The molecule has 0 aliphatic heterocycles. The lowest BCUT2D eigenvalue weighted by Crippen LogP contribution is -2.29. The average molecular weight is 275 g/mol. The van der Waals surface area contributed by atoms with E-state index < -0.39 is 11.5 Å². The van der Waals surface area contributed by atoms with E-state index >= 15 is 0 Å². The van der Waals surface area contributed by atoms with Crippen LogP contribution in [0, 0.1) is 0 Å². The molecule has 0 unspecified atom stereocenters. The summed E-state index contributed by atoms with van der Waals surface area (Å²) in [6.07, 6.45) is 1.85. The highest BCUT2D eigenvalue weighted by Gasteiger charge is 2.14. The summed E-state index contributed by atoms with van der Waals surface area (Å²) in [6, 6.07) is 6.78. The van der Waals surface area contributed by atoms with Crippen molar-refractivity contribution in [2.24, 2.45) is 0 Å². The van der Waals surface area contributed by atoms with Crippen LogP contribution < -0.4 is 15.7 Å². The molecule has 2 aromatic rings. The van der Waals surface area contributed by atoms with Crippen LogP contribution in [-0.4, -0.2) is 19.6 Å². The summed E-state index contributed by atoms with van der Waals surface area (Å²) >= 11 is 0. The van der Waals surface area contributed by atoms with Gasteiger partial charge in [-0.25, -0.2) is 4.79 Å². The van der Waals surface area contributed by atoms with Gasteiger partial charge in [0.15, 0.2) is 11.3 Å². The van der Waals surface area contributed by atoms with Crippen molar-refractivity contribution in [2.45, 2.75) is 19.8 Å². The molecule has 1 heterocycles. The Labute approximate surface area is 116 Å². The summed E-state index contributed by atoms with van der Waals surface area (Å²) < 4.78 is 10.3. The second-order valence-corrected chi connectivity index (χ2v) is 4.44. The Morgan fingerprint density at radius 3 is 2.90 bits per heavy atom. The zero-order valence-corrected chi connectivity index (χ0v) is 11.6. The van der Waals surface area contributed by atoms with Gasteiger partial charge in [-0.2, -0.15) is 0 Å². The summed E-state index contributed by atoms with van der Waals surface area (Å²) in [7, 11) is 1.50. The number of benzene rings is 1. The molecule has 20 heavy (non-hydrogen) atoms. The third-order valence-electron chi connectivity index (χ3n) is 3.00. The van der Waals surface area contributed by atoms with Crippen LogP contribution in [0.15, 0.2) is 33.5 Å². The second-order valence-electron chi connectivity index (χ2n) is 4.44. The molecular formula is C15H17NO4. The van der Waals surface area contributed by atoms with Crippen LogP contribution in [0.3, 0.4) is 0 Å². The molecule has 0 radical (unpaired) electrons. The van der Waals surface area contributed by atoms with Gasteiger partial charge in [0.1, 0.15) is 5.56 Å². The van der Waals surface area contributed by atoms with E-state index in [0.29, 0.717) is 23.3 Å². The van der Waals surface area contributed by atoms with E-state index in [2.05, 4.69) is 5.32 Å². The van der Waals surface area contributed by atoms with Crippen LogP contribution in [0.5, 0.6) is 5.75 Å². The monoisotopic (exact) mass is 275 g/mol. The number of rotatable bonds is 5. The first-order valence-corrected chi connectivity index (χ1v) is 6.56. The molecule has 1 amide bonds. The number of hydrogen-bond acceptors (Lipinski definition) is 4. The molecule has 0 spiro atoms. The summed E-state index contributed by atoms with van der Waals surface area (Å²) in [5, 5.41) is 3.36. The lowest BCUT2D eigenvalue weighted by molar-refractivity contribution is 0.0949. The number of ether oxygens (including phenoxy) is 1. The first-order chi connectivity index (χ1) is 9.67. The van der Waals surface area contributed by atoms with Gasteiger partial charge in [0, 0.05) is 11.9 Å². The minimum absolute atomic E-state index is 0.0156. The molecule has 0 saturated heterocycles. The number of para-hydroxylation sites is 1. The molecule has 1 aromatic heterocycles. The van der Waals surface area contributed by atoms with Crippen LogP contribution in [0.2, 0.25) is 0 Å². The van der Waals surface area contributed by atoms with Crippen LogP contribution in [0.4, 0.5) is 0 Å². The summed E-state index contributed by atoms with van der Waals surface area (Å²) in [5.74, 6) is 0.0643. The Morgan fingerprint density at radius 1 is 1.40 bits per heavy atom. The van der Waals surface area contributed by atoms with Crippen molar-refractivity contribution in [3.63, 3.8) is 0 Å². The van der Waals surface area contributed by atoms with Crippen molar-refractivity contribution in [1.29, 1.82) is 0 Å². The van der Waals surface area contributed by atoms with Crippen LogP contribution in [0.1, 0.15) is 30.1 Å².